The van der Waals surface area contributed by atoms with Crippen LogP contribution >= 0.6 is 0 Å². The molecule has 0 unspecified atom stereocenters. The van der Waals surface area contributed by atoms with Crippen LogP contribution in [0.3, 0.4) is 0 Å². The summed E-state index contributed by atoms with van der Waals surface area (Å²) in [7, 11) is 0. The first-order valence-electron chi connectivity index (χ1n) is 5.52. The van der Waals surface area contributed by atoms with Crippen molar-refractivity contribution in [2.45, 2.75) is 32.6 Å². The lowest BCUT2D eigenvalue weighted by Crippen LogP contribution is -2.46. The molecule has 0 atom stereocenters. The van der Waals surface area contributed by atoms with E-state index in [2.05, 4.69) is 11.8 Å². The van der Waals surface area contributed by atoms with Crippen LogP contribution in [0, 0.1) is 11.3 Å². The maximum atomic E-state index is 12.1. The molecular formula is C11H20FN. The van der Waals surface area contributed by atoms with Crippen molar-refractivity contribution in [3.8, 4) is 0 Å². The van der Waals surface area contributed by atoms with E-state index in [1.54, 1.807) is 0 Å². The SMILES string of the molecule is CC1CC2(CCN(CCF)CC2)C1. The van der Waals surface area contributed by atoms with Crippen LogP contribution in [-0.2, 0) is 0 Å². The molecule has 2 rings (SSSR count). The van der Waals surface area contributed by atoms with E-state index in [1.807, 2.05) is 0 Å². The molecule has 2 aliphatic rings. The number of alkyl halides is 1. The van der Waals surface area contributed by atoms with E-state index in [-0.39, 0.29) is 6.67 Å². The summed E-state index contributed by atoms with van der Waals surface area (Å²) in [6.07, 6.45) is 5.49. The summed E-state index contributed by atoms with van der Waals surface area (Å²) in [6.45, 7) is 5.10. The van der Waals surface area contributed by atoms with E-state index < -0.39 is 0 Å². The normalized spacial score (nSPS) is 29.1. The van der Waals surface area contributed by atoms with Crippen LogP contribution in [0.15, 0.2) is 0 Å². The van der Waals surface area contributed by atoms with E-state index in [9.17, 15) is 4.39 Å². The van der Waals surface area contributed by atoms with E-state index in [0.29, 0.717) is 12.0 Å². The first-order chi connectivity index (χ1) is 6.24. The van der Waals surface area contributed by atoms with Crippen LogP contribution in [0.1, 0.15) is 32.6 Å². The Kier molecular flexibility index (Phi) is 2.59. The van der Waals surface area contributed by atoms with E-state index >= 15 is 0 Å². The van der Waals surface area contributed by atoms with Gasteiger partial charge in [0.15, 0.2) is 0 Å². The molecule has 1 nitrogen and oxygen atoms in total. The number of halogens is 1. The Morgan fingerprint density at radius 1 is 1.31 bits per heavy atom. The smallest absolute Gasteiger partial charge is 0.102 e. The van der Waals surface area contributed by atoms with Gasteiger partial charge in [0.1, 0.15) is 6.67 Å². The molecule has 2 fully saturated rings. The molecule has 0 aromatic rings. The third-order valence-electron chi connectivity index (χ3n) is 3.88. The van der Waals surface area contributed by atoms with Crippen LogP contribution in [0.2, 0.25) is 0 Å². The van der Waals surface area contributed by atoms with Gasteiger partial charge < -0.3 is 4.90 Å². The molecule has 0 aromatic carbocycles. The zero-order valence-corrected chi connectivity index (χ0v) is 8.56. The molecule has 76 valence electrons. The van der Waals surface area contributed by atoms with Gasteiger partial charge in [0.25, 0.3) is 0 Å². The zero-order chi connectivity index (χ0) is 9.31. The molecule has 0 bridgehead atoms. The van der Waals surface area contributed by atoms with Gasteiger partial charge in [0.2, 0.25) is 0 Å². The monoisotopic (exact) mass is 185 g/mol. The van der Waals surface area contributed by atoms with Crippen molar-refractivity contribution in [3.63, 3.8) is 0 Å². The molecule has 1 aliphatic carbocycles. The molecule has 1 heterocycles. The highest BCUT2D eigenvalue weighted by Gasteiger charge is 2.43. The highest BCUT2D eigenvalue weighted by atomic mass is 19.1. The summed E-state index contributed by atoms with van der Waals surface area (Å²) in [5.74, 6) is 0.952. The lowest BCUT2D eigenvalue weighted by atomic mass is 9.58. The summed E-state index contributed by atoms with van der Waals surface area (Å²) in [4.78, 5) is 2.27. The molecule has 13 heavy (non-hydrogen) atoms. The summed E-state index contributed by atoms with van der Waals surface area (Å²) in [6, 6.07) is 0. The second kappa shape index (κ2) is 3.56. The number of nitrogens with zero attached hydrogens (tertiary/aromatic N) is 1. The van der Waals surface area contributed by atoms with Gasteiger partial charge >= 0.3 is 0 Å². The van der Waals surface area contributed by atoms with E-state index in [1.165, 1.54) is 25.7 Å². The lowest BCUT2D eigenvalue weighted by molar-refractivity contribution is -0.00687. The molecule has 2 heteroatoms. The third kappa shape index (κ3) is 1.88. The predicted molar refractivity (Wildman–Crippen MR) is 52.5 cm³/mol. The lowest BCUT2D eigenvalue weighted by Gasteiger charge is -2.51. The van der Waals surface area contributed by atoms with E-state index in [4.69, 9.17) is 0 Å². The molecule has 0 aromatic heterocycles. The number of rotatable bonds is 2. The number of hydrogen-bond donors (Lipinski definition) is 0. The van der Waals surface area contributed by atoms with Crippen molar-refractivity contribution >= 4 is 0 Å². The summed E-state index contributed by atoms with van der Waals surface area (Å²) in [5, 5.41) is 0. The fourth-order valence-corrected chi connectivity index (χ4v) is 3.20. The Morgan fingerprint density at radius 2 is 1.92 bits per heavy atom. The minimum absolute atomic E-state index is 0.177. The molecule has 1 saturated heterocycles. The van der Waals surface area contributed by atoms with Gasteiger partial charge in [-0.15, -0.1) is 0 Å². The predicted octanol–water partition coefficient (Wildman–Crippen LogP) is 2.47. The molecule has 0 N–H and O–H groups in total. The van der Waals surface area contributed by atoms with Crippen molar-refractivity contribution < 1.29 is 4.39 Å². The summed E-state index contributed by atoms with van der Waals surface area (Å²) < 4.78 is 12.1. The van der Waals surface area contributed by atoms with Gasteiger partial charge in [-0.3, -0.25) is 0 Å². The average molecular weight is 185 g/mol. The average Bonchev–Trinajstić information content (AvgIpc) is 2.07. The minimum Gasteiger partial charge on any atom is -0.301 e. The highest BCUT2D eigenvalue weighted by Crippen LogP contribution is 2.52. The highest BCUT2D eigenvalue weighted by molar-refractivity contribution is 4.95. The van der Waals surface area contributed by atoms with Gasteiger partial charge in [-0.1, -0.05) is 6.92 Å². The quantitative estimate of drug-likeness (QED) is 0.639. The Bertz CT molecular complexity index is 165. The van der Waals surface area contributed by atoms with E-state index in [0.717, 1.165) is 19.0 Å². The maximum Gasteiger partial charge on any atom is 0.102 e. The number of piperidine rings is 1. The standard InChI is InChI=1S/C11H20FN/c1-10-8-11(9-10)2-5-13(6-3-11)7-4-12/h10H,2-9H2,1H3. The Labute approximate surface area is 80.3 Å². The first-order valence-corrected chi connectivity index (χ1v) is 5.52. The topological polar surface area (TPSA) is 3.24 Å². The Hall–Kier alpha value is -0.110. The fraction of sp³-hybridized carbons (Fsp3) is 1.00. The summed E-state index contributed by atoms with van der Waals surface area (Å²) >= 11 is 0. The fourth-order valence-electron chi connectivity index (χ4n) is 3.20. The van der Waals surface area contributed by atoms with Crippen LogP contribution < -0.4 is 0 Å². The van der Waals surface area contributed by atoms with Crippen molar-refractivity contribution in [1.29, 1.82) is 0 Å². The largest absolute Gasteiger partial charge is 0.301 e. The Morgan fingerprint density at radius 3 is 2.38 bits per heavy atom. The van der Waals surface area contributed by atoms with Crippen LogP contribution in [0.25, 0.3) is 0 Å². The van der Waals surface area contributed by atoms with Crippen LogP contribution in [-0.4, -0.2) is 31.2 Å². The number of hydrogen-bond acceptors (Lipinski definition) is 1. The molecule has 1 spiro atoms. The molecule has 0 radical (unpaired) electrons. The van der Waals surface area contributed by atoms with Crippen molar-refractivity contribution in [2.75, 3.05) is 26.3 Å². The van der Waals surface area contributed by atoms with Crippen molar-refractivity contribution in [3.05, 3.63) is 0 Å². The third-order valence-corrected chi connectivity index (χ3v) is 3.88. The summed E-state index contributed by atoms with van der Waals surface area (Å²) in [5.41, 5.74) is 0.687. The minimum atomic E-state index is -0.177. The van der Waals surface area contributed by atoms with Gasteiger partial charge in [-0.25, -0.2) is 4.39 Å². The van der Waals surface area contributed by atoms with Crippen LogP contribution in [0.5, 0.6) is 0 Å². The van der Waals surface area contributed by atoms with Gasteiger partial charge in [0, 0.05) is 6.54 Å². The second-order valence-corrected chi connectivity index (χ2v) is 5.04. The van der Waals surface area contributed by atoms with Crippen molar-refractivity contribution in [2.24, 2.45) is 11.3 Å². The van der Waals surface area contributed by atoms with Gasteiger partial charge in [0.05, 0.1) is 0 Å². The maximum absolute atomic E-state index is 12.1. The zero-order valence-electron chi connectivity index (χ0n) is 8.56. The molecule has 1 saturated carbocycles. The van der Waals surface area contributed by atoms with Gasteiger partial charge in [-0.2, -0.15) is 0 Å². The van der Waals surface area contributed by atoms with Gasteiger partial charge in [-0.05, 0) is 50.1 Å². The molecule has 0 amide bonds. The second-order valence-electron chi connectivity index (χ2n) is 5.04. The molecular weight excluding hydrogens is 165 g/mol. The number of likely N-dealkylation sites (tertiary alicyclic amines) is 1. The van der Waals surface area contributed by atoms with Crippen molar-refractivity contribution in [1.82, 2.24) is 4.90 Å². The molecule has 1 aliphatic heterocycles. The Balaban J connectivity index is 1.77. The first kappa shape index (κ1) is 9.45. The van der Waals surface area contributed by atoms with Crippen LogP contribution in [0.4, 0.5) is 4.39 Å².